The molecular weight excluding hydrogens is 386 g/mol. The predicted octanol–water partition coefficient (Wildman–Crippen LogP) is 1.02. The summed E-state index contributed by atoms with van der Waals surface area (Å²) in [6, 6.07) is 16.7. The second-order valence-corrected chi connectivity index (χ2v) is 7.14. The van der Waals surface area contributed by atoms with Crippen molar-refractivity contribution in [2.45, 2.75) is 18.7 Å². The summed E-state index contributed by atoms with van der Waals surface area (Å²) in [6.45, 7) is -0.213. The van der Waals surface area contributed by atoms with Crippen LogP contribution in [-0.4, -0.2) is 44.5 Å². The van der Waals surface area contributed by atoms with Gasteiger partial charge in [0.15, 0.2) is 0 Å². The number of nitrogens with zero attached hydrogens (tertiary/aromatic N) is 3. The summed E-state index contributed by atoms with van der Waals surface area (Å²) >= 11 is 0. The Kier molecular flexibility index (Phi) is 5.54. The van der Waals surface area contributed by atoms with Gasteiger partial charge < -0.3 is 14.9 Å². The molecule has 3 aromatic rings. The van der Waals surface area contributed by atoms with Crippen LogP contribution in [-0.2, 0) is 11.3 Å². The van der Waals surface area contributed by atoms with Gasteiger partial charge in [-0.25, -0.2) is 23.5 Å². The number of hydrogen-bond donors (Lipinski definition) is 2. The molecule has 4 rings (SSSR count). The standard InChI is InChI=1S/C22H23N3O5/c1-30-14-16-12-23-21(28)24(17-10-6-3-7-11-17)22(29)25(23)18(13-26)19(16)20(27)15-8-4-2-5-9-15/h2-11,18,20,26-27H,12-14H2,1H3/t18-,20+/m0/s1. The Morgan fingerprint density at radius 2 is 1.67 bits per heavy atom. The number of ether oxygens (including phenoxy) is 1. The van der Waals surface area contributed by atoms with Gasteiger partial charge in [0, 0.05) is 7.11 Å². The Bertz CT molecular complexity index is 1170. The average Bonchev–Trinajstić information content (AvgIpc) is 3.03. The molecule has 2 heterocycles. The van der Waals surface area contributed by atoms with E-state index in [9.17, 15) is 19.8 Å². The van der Waals surface area contributed by atoms with Gasteiger partial charge in [0.2, 0.25) is 0 Å². The molecule has 0 unspecified atom stereocenters. The van der Waals surface area contributed by atoms with Crippen LogP contribution in [0.1, 0.15) is 17.7 Å². The van der Waals surface area contributed by atoms with Gasteiger partial charge >= 0.3 is 11.4 Å². The van der Waals surface area contributed by atoms with E-state index in [2.05, 4.69) is 0 Å². The molecule has 8 nitrogen and oxygen atoms in total. The molecule has 156 valence electrons. The van der Waals surface area contributed by atoms with Gasteiger partial charge in [-0.05, 0) is 28.8 Å². The molecule has 2 N–H and O–H groups in total. The van der Waals surface area contributed by atoms with E-state index < -0.39 is 30.1 Å². The number of methoxy groups -OCH3 is 1. The van der Waals surface area contributed by atoms with Crippen molar-refractivity contribution in [1.82, 2.24) is 13.9 Å². The van der Waals surface area contributed by atoms with Crippen LogP contribution in [0, 0.1) is 0 Å². The lowest BCUT2D eigenvalue weighted by molar-refractivity contribution is 0.143. The van der Waals surface area contributed by atoms with Crippen molar-refractivity contribution in [2.24, 2.45) is 0 Å². The first-order valence-electron chi connectivity index (χ1n) is 9.62. The zero-order valence-electron chi connectivity index (χ0n) is 16.5. The maximum Gasteiger partial charge on any atom is 0.352 e. The number of benzene rings is 2. The molecule has 0 amide bonds. The molecular formula is C22H23N3O5. The van der Waals surface area contributed by atoms with E-state index in [-0.39, 0.29) is 13.2 Å². The van der Waals surface area contributed by atoms with Crippen molar-refractivity contribution in [3.8, 4) is 5.69 Å². The van der Waals surface area contributed by atoms with Crippen LogP contribution in [0.3, 0.4) is 0 Å². The van der Waals surface area contributed by atoms with E-state index >= 15 is 0 Å². The van der Waals surface area contributed by atoms with Gasteiger partial charge in [-0.1, -0.05) is 48.5 Å². The van der Waals surface area contributed by atoms with Crippen molar-refractivity contribution < 1.29 is 14.9 Å². The minimum Gasteiger partial charge on any atom is -0.394 e. The number of hydrogen-bond acceptors (Lipinski definition) is 5. The zero-order valence-corrected chi connectivity index (χ0v) is 16.5. The third-order valence-electron chi connectivity index (χ3n) is 5.38. The smallest absolute Gasteiger partial charge is 0.352 e. The lowest BCUT2D eigenvalue weighted by atomic mass is 9.90. The molecule has 2 atom stereocenters. The highest BCUT2D eigenvalue weighted by Crippen LogP contribution is 2.35. The highest BCUT2D eigenvalue weighted by atomic mass is 16.5. The van der Waals surface area contributed by atoms with Crippen LogP contribution in [0.4, 0.5) is 0 Å². The summed E-state index contributed by atoms with van der Waals surface area (Å²) in [6.07, 6.45) is -1.05. The molecule has 0 fully saturated rings. The number of para-hydroxylation sites is 1. The van der Waals surface area contributed by atoms with Gasteiger partial charge in [-0.3, -0.25) is 0 Å². The first kappa shape index (κ1) is 20.1. The molecule has 8 heteroatoms. The van der Waals surface area contributed by atoms with Crippen LogP contribution in [0.25, 0.3) is 5.69 Å². The van der Waals surface area contributed by atoms with E-state index in [0.29, 0.717) is 22.4 Å². The normalized spacial score (nSPS) is 17.1. The molecule has 1 aromatic heterocycles. The van der Waals surface area contributed by atoms with E-state index in [1.54, 1.807) is 54.6 Å². The summed E-state index contributed by atoms with van der Waals surface area (Å²) in [7, 11) is 1.52. The summed E-state index contributed by atoms with van der Waals surface area (Å²) in [5.41, 5.74) is 1.12. The molecule has 0 saturated heterocycles. The van der Waals surface area contributed by atoms with Gasteiger partial charge in [0.1, 0.15) is 12.1 Å². The molecule has 0 saturated carbocycles. The Morgan fingerprint density at radius 3 is 2.27 bits per heavy atom. The van der Waals surface area contributed by atoms with Gasteiger partial charge in [0.05, 0.1) is 25.4 Å². The van der Waals surface area contributed by atoms with Crippen LogP contribution >= 0.6 is 0 Å². The van der Waals surface area contributed by atoms with Crippen molar-refractivity contribution in [3.05, 3.63) is 98.3 Å². The van der Waals surface area contributed by atoms with Crippen molar-refractivity contribution in [3.63, 3.8) is 0 Å². The fourth-order valence-corrected chi connectivity index (χ4v) is 4.05. The van der Waals surface area contributed by atoms with Gasteiger partial charge in [-0.15, -0.1) is 0 Å². The third-order valence-corrected chi connectivity index (χ3v) is 5.38. The molecule has 0 aliphatic carbocycles. The average molecular weight is 409 g/mol. The summed E-state index contributed by atoms with van der Waals surface area (Å²) in [5, 5.41) is 21.3. The van der Waals surface area contributed by atoms with Crippen LogP contribution in [0.2, 0.25) is 0 Å². The number of aliphatic hydroxyl groups is 2. The molecule has 0 bridgehead atoms. The van der Waals surface area contributed by atoms with Crippen LogP contribution in [0.5, 0.6) is 0 Å². The van der Waals surface area contributed by atoms with Gasteiger partial charge in [0.25, 0.3) is 0 Å². The number of fused-ring (bicyclic) bond motifs is 1. The minimum atomic E-state index is -1.05. The Balaban J connectivity index is 1.91. The quantitative estimate of drug-likeness (QED) is 0.593. The monoisotopic (exact) mass is 409 g/mol. The highest BCUT2D eigenvalue weighted by Gasteiger charge is 2.35. The highest BCUT2D eigenvalue weighted by molar-refractivity contribution is 5.35. The fraction of sp³-hybridized carbons (Fsp3) is 0.273. The number of rotatable bonds is 6. The molecule has 0 radical (unpaired) electrons. The Labute approximate surface area is 172 Å². The van der Waals surface area contributed by atoms with Crippen molar-refractivity contribution in [2.75, 3.05) is 20.3 Å². The van der Waals surface area contributed by atoms with Crippen molar-refractivity contribution in [1.29, 1.82) is 0 Å². The van der Waals surface area contributed by atoms with E-state index in [1.165, 1.54) is 16.5 Å². The molecule has 1 aliphatic rings. The Morgan fingerprint density at radius 1 is 1.03 bits per heavy atom. The second kappa shape index (κ2) is 8.27. The topological polar surface area (TPSA) is 98.6 Å². The molecule has 30 heavy (non-hydrogen) atoms. The van der Waals surface area contributed by atoms with E-state index in [1.807, 2.05) is 6.07 Å². The Hall–Kier alpha value is -3.20. The predicted molar refractivity (Wildman–Crippen MR) is 111 cm³/mol. The lowest BCUT2D eigenvalue weighted by Gasteiger charge is -2.32. The summed E-state index contributed by atoms with van der Waals surface area (Å²) in [4.78, 5) is 26.3. The summed E-state index contributed by atoms with van der Waals surface area (Å²) in [5.74, 6) is 0. The summed E-state index contributed by atoms with van der Waals surface area (Å²) < 4.78 is 8.91. The maximum absolute atomic E-state index is 13.2. The SMILES string of the molecule is COCC1=C([C@H](O)c2ccccc2)[C@H](CO)n2c(=O)n(-c3ccccc3)c(=O)n2C1. The minimum absolute atomic E-state index is 0.0808. The van der Waals surface area contributed by atoms with Crippen LogP contribution < -0.4 is 11.4 Å². The van der Waals surface area contributed by atoms with Crippen LogP contribution in [0.15, 0.2) is 81.4 Å². The number of aromatic nitrogens is 3. The lowest BCUT2D eigenvalue weighted by Crippen LogP contribution is -2.40. The third kappa shape index (κ3) is 3.24. The fourth-order valence-electron chi connectivity index (χ4n) is 4.05. The van der Waals surface area contributed by atoms with Gasteiger partial charge in [-0.2, -0.15) is 0 Å². The van der Waals surface area contributed by atoms with E-state index in [4.69, 9.17) is 4.74 Å². The molecule has 1 aliphatic heterocycles. The maximum atomic E-state index is 13.2. The van der Waals surface area contributed by atoms with E-state index in [0.717, 1.165) is 4.57 Å². The molecule has 0 spiro atoms. The largest absolute Gasteiger partial charge is 0.394 e. The second-order valence-electron chi connectivity index (χ2n) is 7.14. The first-order chi connectivity index (χ1) is 14.6. The zero-order chi connectivity index (χ0) is 21.3. The number of aliphatic hydroxyl groups excluding tert-OH is 2. The van der Waals surface area contributed by atoms with Crippen molar-refractivity contribution >= 4 is 0 Å². The molecule has 2 aromatic carbocycles. The first-order valence-corrected chi connectivity index (χ1v) is 9.62.